The molecule has 3 aromatic rings. The molecule has 0 atom stereocenters. The van der Waals surface area contributed by atoms with Crippen molar-refractivity contribution < 1.29 is 4.74 Å². The summed E-state index contributed by atoms with van der Waals surface area (Å²) in [6.45, 7) is 3.17. The van der Waals surface area contributed by atoms with E-state index in [1.807, 2.05) is 18.5 Å². The standard InChI is InChI=1S/C23H28N2O/c1-3-4-13-22-21(17-19-10-6-5-7-11-19)24-18-25(22)16-15-20-12-8-9-14-23(20)26-2/h5-12,14,18H,3-4,13,15-17H2,1-2H3. The fraction of sp³-hybridized carbons (Fsp3) is 0.348. The summed E-state index contributed by atoms with van der Waals surface area (Å²) in [5.74, 6) is 0.965. The van der Waals surface area contributed by atoms with Crippen LogP contribution in [0.3, 0.4) is 0 Å². The topological polar surface area (TPSA) is 27.1 Å². The van der Waals surface area contributed by atoms with Gasteiger partial charge in [0.2, 0.25) is 0 Å². The zero-order valence-corrected chi connectivity index (χ0v) is 15.8. The summed E-state index contributed by atoms with van der Waals surface area (Å²) < 4.78 is 7.82. The Balaban J connectivity index is 1.77. The van der Waals surface area contributed by atoms with Crippen LogP contribution in [0.1, 0.15) is 42.3 Å². The van der Waals surface area contributed by atoms with Gasteiger partial charge in [0.15, 0.2) is 0 Å². The molecule has 0 fully saturated rings. The van der Waals surface area contributed by atoms with E-state index in [-0.39, 0.29) is 0 Å². The van der Waals surface area contributed by atoms with E-state index >= 15 is 0 Å². The van der Waals surface area contributed by atoms with Crippen molar-refractivity contribution in [1.82, 2.24) is 9.55 Å². The van der Waals surface area contributed by atoms with Gasteiger partial charge in [-0.2, -0.15) is 0 Å². The van der Waals surface area contributed by atoms with Crippen LogP contribution in [-0.4, -0.2) is 16.7 Å². The summed E-state index contributed by atoms with van der Waals surface area (Å²) in [4.78, 5) is 4.75. The van der Waals surface area contributed by atoms with Gasteiger partial charge in [-0.25, -0.2) is 4.98 Å². The molecule has 0 amide bonds. The maximum atomic E-state index is 5.49. The maximum Gasteiger partial charge on any atom is 0.122 e. The summed E-state index contributed by atoms with van der Waals surface area (Å²) in [7, 11) is 1.74. The molecular formula is C23H28N2O. The molecule has 1 aromatic heterocycles. The van der Waals surface area contributed by atoms with Gasteiger partial charge in [-0.3, -0.25) is 0 Å². The van der Waals surface area contributed by atoms with Crippen molar-refractivity contribution in [2.24, 2.45) is 0 Å². The lowest BCUT2D eigenvalue weighted by Gasteiger charge is -2.12. The lowest BCUT2D eigenvalue weighted by molar-refractivity contribution is 0.408. The number of imidazole rings is 1. The highest BCUT2D eigenvalue weighted by Gasteiger charge is 2.12. The van der Waals surface area contributed by atoms with E-state index in [1.54, 1.807) is 7.11 Å². The number of unbranched alkanes of at least 4 members (excludes halogenated alkanes) is 1. The summed E-state index contributed by atoms with van der Waals surface area (Å²) in [5, 5.41) is 0. The minimum atomic E-state index is 0.904. The molecule has 26 heavy (non-hydrogen) atoms. The number of aryl methyl sites for hydroxylation is 2. The van der Waals surface area contributed by atoms with Crippen molar-refractivity contribution >= 4 is 0 Å². The molecule has 0 aliphatic heterocycles. The first-order valence-electron chi connectivity index (χ1n) is 9.50. The van der Waals surface area contributed by atoms with Crippen LogP contribution in [0.5, 0.6) is 5.75 Å². The van der Waals surface area contributed by atoms with Crippen molar-refractivity contribution in [2.45, 2.75) is 45.6 Å². The average molecular weight is 348 g/mol. The fourth-order valence-corrected chi connectivity index (χ4v) is 3.36. The largest absolute Gasteiger partial charge is 0.496 e. The molecule has 3 heteroatoms. The van der Waals surface area contributed by atoms with Gasteiger partial charge in [0.25, 0.3) is 0 Å². The third-order valence-corrected chi connectivity index (χ3v) is 4.83. The zero-order chi connectivity index (χ0) is 18.2. The van der Waals surface area contributed by atoms with Crippen molar-refractivity contribution in [3.63, 3.8) is 0 Å². The van der Waals surface area contributed by atoms with E-state index in [4.69, 9.17) is 9.72 Å². The smallest absolute Gasteiger partial charge is 0.122 e. The van der Waals surface area contributed by atoms with Gasteiger partial charge >= 0.3 is 0 Å². The molecule has 0 unspecified atom stereocenters. The highest BCUT2D eigenvalue weighted by molar-refractivity contribution is 5.33. The molecule has 136 valence electrons. The Bertz CT molecular complexity index is 808. The van der Waals surface area contributed by atoms with Crippen molar-refractivity contribution in [3.05, 3.63) is 83.4 Å². The van der Waals surface area contributed by atoms with Crippen LogP contribution >= 0.6 is 0 Å². The molecule has 0 aliphatic carbocycles. The third kappa shape index (κ3) is 4.54. The Kier molecular flexibility index (Phi) is 6.48. The molecule has 1 heterocycles. The van der Waals surface area contributed by atoms with Crippen LogP contribution in [0.15, 0.2) is 60.9 Å². The van der Waals surface area contributed by atoms with Crippen LogP contribution in [0.4, 0.5) is 0 Å². The zero-order valence-electron chi connectivity index (χ0n) is 15.8. The van der Waals surface area contributed by atoms with E-state index in [1.165, 1.54) is 35.4 Å². The minimum absolute atomic E-state index is 0.904. The van der Waals surface area contributed by atoms with Crippen molar-refractivity contribution in [3.8, 4) is 5.75 Å². The Labute approximate surface area is 156 Å². The number of aromatic nitrogens is 2. The van der Waals surface area contributed by atoms with Crippen LogP contribution in [0.2, 0.25) is 0 Å². The van der Waals surface area contributed by atoms with Gasteiger partial charge in [0.05, 0.1) is 19.1 Å². The van der Waals surface area contributed by atoms with Gasteiger partial charge in [-0.15, -0.1) is 0 Å². The van der Waals surface area contributed by atoms with E-state index < -0.39 is 0 Å². The second-order valence-electron chi connectivity index (χ2n) is 6.66. The van der Waals surface area contributed by atoms with Crippen LogP contribution in [0, 0.1) is 0 Å². The molecule has 3 nitrogen and oxygen atoms in total. The van der Waals surface area contributed by atoms with E-state index in [0.29, 0.717) is 0 Å². The molecule has 0 N–H and O–H groups in total. The number of para-hydroxylation sites is 1. The predicted molar refractivity (Wildman–Crippen MR) is 107 cm³/mol. The Hall–Kier alpha value is -2.55. The minimum Gasteiger partial charge on any atom is -0.496 e. The first-order valence-corrected chi connectivity index (χ1v) is 9.50. The normalized spacial score (nSPS) is 10.8. The molecule has 2 aromatic carbocycles. The highest BCUT2D eigenvalue weighted by atomic mass is 16.5. The summed E-state index contributed by atoms with van der Waals surface area (Å²) in [6.07, 6.45) is 7.35. The average Bonchev–Trinajstić information content (AvgIpc) is 3.07. The molecular weight excluding hydrogens is 320 g/mol. The molecule has 0 saturated heterocycles. The van der Waals surface area contributed by atoms with Crippen LogP contribution < -0.4 is 4.74 Å². The van der Waals surface area contributed by atoms with Gasteiger partial charge in [0.1, 0.15) is 5.75 Å². The van der Waals surface area contributed by atoms with Crippen molar-refractivity contribution in [2.75, 3.05) is 7.11 Å². The molecule has 0 spiro atoms. The summed E-state index contributed by atoms with van der Waals surface area (Å²) in [5.41, 5.74) is 5.16. The number of rotatable bonds is 9. The second kappa shape index (κ2) is 9.23. The lowest BCUT2D eigenvalue weighted by Crippen LogP contribution is -2.07. The first kappa shape index (κ1) is 18.2. The maximum absolute atomic E-state index is 5.49. The number of methoxy groups -OCH3 is 1. The quantitative estimate of drug-likeness (QED) is 0.540. The Morgan fingerprint density at radius 3 is 2.50 bits per heavy atom. The summed E-state index contributed by atoms with van der Waals surface area (Å²) >= 11 is 0. The van der Waals surface area contributed by atoms with Gasteiger partial charge in [-0.05, 0) is 36.5 Å². The molecule has 0 saturated carbocycles. The summed E-state index contributed by atoms with van der Waals surface area (Å²) in [6, 6.07) is 18.9. The monoisotopic (exact) mass is 348 g/mol. The second-order valence-corrected chi connectivity index (χ2v) is 6.66. The molecule has 0 aliphatic rings. The Morgan fingerprint density at radius 2 is 1.73 bits per heavy atom. The van der Waals surface area contributed by atoms with Gasteiger partial charge < -0.3 is 9.30 Å². The molecule has 0 radical (unpaired) electrons. The molecule has 0 bridgehead atoms. The fourth-order valence-electron chi connectivity index (χ4n) is 3.36. The number of benzene rings is 2. The third-order valence-electron chi connectivity index (χ3n) is 4.83. The first-order chi connectivity index (χ1) is 12.8. The van der Waals surface area contributed by atoms with Crippen LogP contribution in [-0.2, 0) is 25.8 Å². The van der Waals surface area contributed by atoms with E-state index in [2.05, 4.69) is 54.0 Å². The van der Waals surface area contributed by atoms with Crippen molar-refractivity contribution in [1.29, 1.82) is 0 Å². The van der Waals surface area contributed by atoms with Gasteiger partial charge in [-0.1, -0.05) is 61.9 Å². The SMILES string of the molecule is CCCCc1c(Cc2ccccc2)ncn1CCc1ccccc1OC. The predicted octanol–water partition coefficient (Wildman–Crippen LogP) is 5.07. The highest BCUT2D eigenvalue weighted by Crippen LogP contribution is 2.20. The van der Waals surface area contributed by atoms with E-state index in [0.717, 1.165) is 31.6 Å². The number of nitrogens with zero attached hydrogens (tertiary/aromatic N) is 2. The van der Waals surface area contributed by atoms with Gasteiger partial charge in [0, 0.05) is 18.7 Å². The molecule has 3 rings (SSSR count). The lowest BCUT2D eigenvalue weighted by atomic mass is 10.1. The Morgan fingerprint density at radius 1 is 0.962 bits per heavy atom. The number of ether oxygens (including phenoxy) is 1. The number of hydrogen-bond donors (Lipinski definition) is 0. The van der Waals surface area contributed by atoms with E-state index in [9.17, 15) is 0 Å². The van der Waals surface area contributed by atoms with Crippen LogP contribution in [0.25, 0.3) is 0 Å². The number of hydrogen-bond acceptors (Lipinski definition) is 2.